The van der Waals surface area contributed by atoms with E-state index < -0.39 is 6.04 Å². The second-order valence-corrected chi connectivity index (χ2v) is 7.07. The summed E-state index contributed by atoms with van der Waals surface area (Å²) in [5, 5.41) is 0. The minimum atomic E-state index is -0.619. The number of ether oxygens (including phenoxy) is 2. The summed E-state index contributed by atoms with van der Waals surface area (Å²) in [6.07, 6.45) is 1.30. The SMILES string of the molecule is CCOC(=O)CC(CCc1ccc(F)cc1)C(NSI)C(=O)OCC. The van der Waals surface area contributed by atoms with Gasteiger partial charge in [0.2, 0.25) is 0 Å². The number of halogens is 2. The first-order valence-corrected chi connectivity index (χ1v) is 11.5. The van der Waals surface area contributed by atoms with Crippen LogP contribution in [0.25, 0.3) is 0 Å². The minimum Gasteiger partial charge on any atom is -0.466 e. The van der Waals surface area contributed by atoms with Crippen LogP contribution in [0.3, 0.4) is 0 Å². The van der Waals surface area contributed by atoms with Gasteiger partial charge in [0.1, 0.15) is 11.9 Å². The van der Waals surface area contributed by atoms with Crippen molar-refractivity contribution >= 4 is 42.3 Å². The predicted octanol–water partition coefficient (Wildman–Crippen LogP) is 3.85. The molecule has 2 atom stereocenters. The Hall–Kier alpha value is -0.870. The molecule has 1 aromatic carbocycles. The van der Waals surface area contributed by atoms with E-state index in [9.17, 15) is 14.0 Å². The van der Waals surface area contributed by atoms with Crippen LogP contribution in [-0.4, -0.2) is 31.2 Å². The third-order valence-electron chi connectivity index (χ3n) is 3.63. The Bertz CT molecular complexity index is 544. The van der Waals surface area contributed by atoms with Crippen LogP contribution < -0.4 is 4.72 Å². The van der Waals surface area contributed by atoms with Crippen molar-refractivity contribution in [2.45, 2.75) is 39.2 Å². The number of benzene rings is 1. The molecule has 0 heterocycles. The molecule has 0 spiro atoms. The van der Waals surface area contributed by atoms with Gasteiger partial charge >= 0.3 is 11.9 Å². The van der Waals surface area contributed by atoms with Crippen molar-refractivity contribution in [1.82, 2.24) is 4.72 Å². The molecule has 0 aromatic heterocycles. The van der Waals surface area contributed by atoms with Crippen LogP contribution in [0.2, 0.25) is 0 Å². The first kappa shape index (κ1) is 22.2. The molecule has 0 aliphatic carbocycles. The summed E-state index contributed by atoms with van der Waals surface area (Å²) in [4.78, 5) is 24.2. The van der Waals surface area contributed by atoms with E-state index >= 15 is 0 Å². The van der Waals surface area contributed by atoms with Gasteiger partial charge in [-0.1, -0.05) is 12.1 Å². The summed E-state index contributed by atoms with van der Waals surface area (Å²) in [5.41, 5.74) is 0.944. The predicted molar refractivity (Wildman–Crippen MR) is 105 cm³/mol. The Labute approximate surface area is 164 Å². The van der Waals surface area contributed by atoms with Crippen molar-refractivity contribution in [3.05, 3.63) is 35.6 Å². The number of hydrogen-bond acceptors (Lipinski definition) is 6. The standard InChI is InChI=1S/C17H23FINO4S/c1-3-23-15(21)11-13(16(20-25-19)17(22)24-4-2)8-5-12-6-9-14(18)10-7-12/h6-7,9-10,13,16,20H,3-5,8,11H2,1-2H3. The molecule has 0 saturated carbocycles. The van der Waals surface area contributed by atoms with Crippen LogP contribution in [-0.2, 0) is 25.5 Å². The van der Waals surface area contributed by atoms with Crippen molar-refractivity contribution < 1.29 is 23.5 Å². The molecule has 0 saturated heterocycles. The van der Waals surface area contributed by atoms with Crippen molar-refractivity contribution in [3.8, 4) is 0 Å². The van der Waals surface area contributed by atoms with Gasteiger partial charge in [-0.3, -0.25) is 9.59 Å². The maximum atomic E-state index is 13.0. The minimum absolute atomic E-state index is 0.114. The van der Waals surface area contributed by atoms with Gasteiger partial charge in [-0.2, -0.15) is 0 Å². The molecular weight excluding hydrogens is 460 g/mol. The number of hydrogen-bond donors (Lipinski definition) is 1. The number of rotatable bonds is 11. The lowest BCUT2D eigenvalue weighted by atomic mass is 9.90. The number of nitrogens with one attached hydrogen (secondary N) is 1. The fourth-order valence-corrected chi connectivity index (χ4v) is 3.65. The Morgan fingerprint density at radius 3 is 2.40 bits per heavy atom. The van der Waals surface area contributed by atoms with Gasteiger partial charge in [-0.05, 0) is 59.4 Å². The molecule has 0 aliphatic heterocycles. The van der Waals surface area contributed by atoms with Gasteiger partial charge in [0, 0.05) is 21.2 Å². The van der Waals surface area contributed by atoms with E-state index in [4.69, 9.17) is 9.47 Å². The molecule has 1 rings (SSSR count). The van der Waals surface area contributed by atoms with E-state index in [-0.39, 0.29) is 36.7 Å². The molecule has 0 bridgehead atoms. The number of carbonyl (C=O) groups is 2. The second-order valence-electron chi connectivity index (χ2n) is 5.36. The maximum Gasteiger partial charge on any atom is 0.324 e. The monoisotopic (exact) mass is 483 g/mol. The van der Waals surface area contributed by atoms with Crippen molar-refractivity contribution in [1.29, 1.82) is 0 Å². The fourth-order valence-electron chi connectivity index (χ4n) is 2.44. The van der Waals surface area contributed by atoms with E-state index in [0.717, 1.165) is 5.56 Å². The highest BCUT2D eigenvalue weighted by Crippen LogP contribution is 2.23. The zero-order chi connectivity index (χ0) is 18.7. The van der Waals surface area contributed by atoms with Crippen molar-refractivity contribution in [3.63, 3.8) is 0 Å². The van der Waals surface area contributed by atoms with Gasteiger partial charge in [-0.15, -0.1) is 0 Å². The molecule has 25 heavy (non-hydrogen) atoms. The Balaban J connectivity index is 2.85. The lowest BCUT2D eigenvalue weighted by Gasteiger charge is -2.25. The molecule has 1 N–H and O–H groups in total. The highest BCUT2D eigenvalue weighted by molar-refractivity contribution is 14.2. The highest BCUT2D eigenvalue weighted by Gasteiger charge is 2.31. The van der Waals surface area contributed by atoms with Gasteiger partial charge < -0.3 is 9.47 Å². The molecule has 5 nitrogen and oxygen atoms in total. The van der Waals surface area contributed by atoms with E-state index in [1.54, 1.807) is 26.0 Å². The maximum absolute atomic E-state index is 13.0. The molecule has 0 aliphatic rings. The zero-order valence-electron chi connectivity index (χ0n) is 14.3. The van der Waals surface area contributed by atoms with Crippen LogP contribution in [0.15, 0.2) is 24.3 Å². The molecule has 0 amide bonds. The summed E-state index contributed by atoms with van der Waals surface area (Å²) >= 11 is 2.03. The van der Waals surface area contributed by atoms with E-state index in [1.807, 2.05) is 21.2 Å². The van der Waals surface area contributed by atoms with Gasteiger partial charge in [0.15, 0.2) is 0 Å². The van der Waals surface area contributed by atoms with Crippen molar-refractivity contribution in [2.75, 3.05) is 13.2 Å². The summed E-state index contributed by atoms with van der Waals surface area (Å²) in [5.74, 6) is -1.31. The smallest absolute Gasteiger partial charge is 0.324 e. The third-order valence-corrected chi connectivity index (χ3v) is 4.74. The van der Waals surface area contributed by atoms with Crippen LogP contribution >= 0.6 is 30.3 Å². The summed E-state index contributed by atoms with van der Waals surface area (Å²) in [6, 6.07) is 5.59. The molecule has 1 aromatic rings. The van der Waals surface area contributed by atoms with Crippen LogP contribution in [0.5, 0.6) is 0 Å². The fraction of sp³-hybridized carbons (Fsp3) is 0.529. The molecule has 2 unspecified atom stereocenters. The first-order valence-electron chi connectivity index (χ1n) is 8.11. The first-order chi connectivity index (χ1) is 12.0. The zero-order valence-corrected chi connectivity index (χ0v) is 17.3. The van der Waals surface area contributed by atoms with Gasteiger partial charge in [-0.25, -0.2) is 9.11 Å². The molecule has 140 valence electrons. The van der Waals surface area contributed by atoms with E-state index in [1.165, 1.54) is 21.3 Å². The number of esters is 2. The molecule has 8 heteroatoms. The van der Waals surface area contributed by atoms with Gasteiger partial charge in [0.05, 0.1) is 19.6 Å². The summed E-state index contributed by atoms with van der Waals surface area (Å²) < 4.78 is 26.2. The molecular formula is C17H23FINO4S. The molecule has 0 radical (unpaired) electrons. The molecule has 0 fully saturated rings. The summed E-state index contributed by atoms with van der Waals surface area (Å²) in [7, 11) is 1.27. The number of aryl methyl sites for hydroxylation is 1. The Kier molecular flexibility index (Phi) is 11.1. The lowest BCUT2D eigenvalue weighted by molar-refractivity contribution is -0.148. The van der Waals surface area contributed by atoms with E-state index in [0.29, 0.717) is 19.4 Å². The summed E-state index contributed by atoms with van der Waals surface area (Å²) in [6.45, 7) is 4.05. The Morgan fingerprint density at radius 2 is 1.84 bits per heavy atom. The van der Waals surface area contributed by atoms with Crippen molar-refractivity contribution in [2.24, 2.45) is 5.92 Å². The largest absolute Gasteiger partial charge is 0.466 e. The average Bonchev–Trinajstić information content (AvgIpc) is 2.58. The average molecular weight is 483 g/mol. The quantitative estimate of drug-likeness (QED) is 0.293. The Morgan fingerprint density at radius 1 is 1.20 bits per heavy atom. The number of carbonyl (C=O) groups excluding carboxylic acids is 2. The third kappa shape index (κ3) is 8.37. The lowest BCUT2D eigenvalue weighted by Crippen LogP contribution is -2.41. The van der Waals surface area contributed by atoms with Crippen LogP contribution in [0.4, 0.5) is 4.39 Å². The van der Waals surface area contributed by atoms with Crippen LogP contribution in [0, 0.1) is 11.7 Å². The highest BCUT2D eigenvalue weighted by atomic mass is 127. The second kappa shape index (κ2) is 12.5. The van der Waals surface area contributed by atoms with Gasteiger partial charge in [0.25, 0.3) is 0 Å². The normalized spacial score (nSPS) is 13.1. The topological polar surface area (TPSA) is 64.6 Å². The van der Waals surface area contributed by atoms with Crippen LogP contribution in [0.1, 0.15) is 32.3 Å². The van der Waals surface area contributed by atoms with E-state index in [2.05, 4.69) is 4.72 Å².